The lowest BCUT2D eigenvalue weighted by Crippen LogP contribution is -2.54. The molecule has 9 heteroatoms. The molecule has 0 bridgehead atoms. The quantitative estimate of drug-likeness (QED) is 0.726. The van der Waals surface area contributed by atoms with Crippen LogP contribution in [0.4, 0.5) is 19.0 Å². The van der Waals surface area contributed by atoms with E-state index >= 15 is 0 Å². The summed E-state index contributed by atoms with van der Waals surface area (Å²) in [5.41, 5.74) is -0.655. The maximum absolute atomic E-state index is 12.9. The summed E-state index contributed by atoms with van der Waals surface area (Å²) < 4.78 is 43.8. The number of ether oxygens (including phenoxy) is 1. The molecule has 0 aromatic carbocycles. The molecule has 0 N–H and O–H groups in total. The van der Waals surface area contributed by atoms with Gasteiger partial charge >= 0.3 is 12.1 Å². The summed E-state index contributed by atoms with van der Waals surface area (Å²) >= 11 is 0. The number of pyridine rings is 1. The van der Waals surface area contributed by atoms with Gasteiger partial charge in [-0.3, -0.25) is 14.6 Å². The van der Waals surface area contributed by atoms with Crippen LogP contribution in [0.5, 0.6) is 0 Å². The highest BCUT2D eigenvalue weighted by Crippen LogP contribution is 2.31. The van der Waals surface area contributed by atoms with Crippen molar-refractivity contribution in [3.63, 3.8) is 0 Å². The fourth-order valence-corrected chi connectivity index (χ4v) is 4.46. The number of halogens is 3. The number of rotatable bonds is 3. The molecule has 0 aliphatic carbocycles. The molecule has 3 aliphatic rings. The maximum atomic E-state index is 12.9. The van der Waals surface area contributed by atoms with Gasteiger partial charge in [-0.05, 0) is 25.0 Å². The Morgan fingerprint density at radius 2 is 1.71 bits per heavy atom. The Morgan fingerprint density at radius 1 is 1.00 bits per heavy atom. The molecule has 0 saturated carbocycles. The van der Waals surface area contributed by atoms with Crippen LogP contribution >= 0.6 is 0 Å². The third-order valence-electron chi connectivity index (χ3n) is 6.08. The molecule has 0 radical (unpaired) electrons. The van der Waals surface area contributed by atoms with Crippen LogP contribution in [0.2, 0.25) is 0 Å². The van der Waals surface area contributed by atoms with Crippen LogP contribution in [0.25, 0.3) is 0 Å². The van der Waals surface area contributed by atoms with Crippen molar-refractivity contribution in [1.82, 2.24) is 14.8 Å². The van der Waals surface area contributed by atoms with E-state index in [0.29, 0.717) is 31.6 Å². The Morgan fingerprint density at radius 3 is 2.32 bits per heavy atom. The number of carbonyl (C=O) groups excluding carboxylic acids is 1. The second-order valence-electron chi connectivity index (χ2n) is 7.66. The molecule has 3 aliphatic heterocycles. The summed E-state index contributed by atoms with van der Waals surface area (Å²) in [5, 5.41) is 0. The van der Waals surface area contributed by atoms with Crippen LogP contribution in [-0.2, 0) is 15.7 Å². The van der Waals surface area contributed by atoms with E-state index in [2.05, 4.69) is 14.8 Å². The van der Waals surface area contributed by atoms with Crippen molar-refractivity contribution in [3.05, 3.63) is 23.9 Å². The van der Waals surface area contributed by atoms with E-state index in [-0.39, 0.29) is 12.0 Å². The standard InChI is InChI=1S/C19H25F3N4O2/c20-19(21,22)14-1-5-23-17(13-14)26-10-8-24(9-11-26)15-2-6-25(7-3-15)16-4-12-28-18(16)27/h1,5,13,15-16H,2-4,6-12H2/t16-/m0/s1. The Labute approximate surface area is 162 Å². The maximum Gasteiger partial charge on any atom is 0.416 e. The van der Waals surface area contributed by atoms with Gasteiger partial charge in [-0.25, -0.2) is 4.98 Å². The molecule has 28 heavy (non-hydrogen) atoms. The SMILES string of the molecule is O=C1OCC[C@@H]1N1CCC(N2CCN(c3cc(C(F)(F)F)ccn3)CC2)CC1. The monoisotopic (exact) mass is 398 g/mol. The molecule has 0 unspecified atom stereocenters. The first-order chi connectivity index (χ1) is 13.4. The van der Waals surface area contributed by atoms with Gasteiger partial charge in [0.25, 0.3) is 0 Å². The van der Waals surface area contributed by atoms with Crippen LogP contribution in [0.1, 0.15) is 24.8 Å². The van der Waals surface area contributed by atoms with Crippen molar-refractivity contribution in [2.24, 2.45) is 0 Å². The van der Waals surface area contributed by atoms with Gasteiger partial charge in [-0.15, -0.1) is 0 Å². The molecule has 3 fully saturated rings. The van der Waals surface area contributed by atoms with Crippen LogP contribution in [0.15, 0.2) is 18.3 Å². The molecule has 3 saturated heterocycles. The fraction of sp³-hybridized carbons (Fsp3) is 0.684. The van der Waals surface area contributed by atoms with E-state index < -0.39 is 11.7 Å². The zero-order chi connectivity index (χ0) is 19.7. The van der Waals surface area contributed by atoms with Crippen molar-refractivity contribution in [2.75, 3.05) is 50.8 Å². The predicted molar refractivity (Wildman–Crippen MR) is 97.0 cm³/mol. The van der Waals surface area contributed by atoms with E-state index in [9.17, 15) is 18.0 Å². The average Bonchev–Trinajstić information content (AvgIpc) is 3.14. The summed E-state index contributed by atoms with van der Waals surface area (Å²) in [7, 11) is 0. The molecule has 1 aromatic heterocycles. The number of anilines is 1. The minimum atomic E-state index is -4.35. The van der Waals surface area contributed by atoms with Gasteiger partial charge in [0.15, 0.2) is 0 Å². The lowest BCUT2D eigenvalue weighted by atomic mass is 10.00. The van der Waals surface area contributed by atoms with Crippen LogP contribution in [-0.4, -0.2) is 78.7 Å². The van der Waals surface area contributed by atoms with Gasteiger partial charge in [0.1, 0.15) is 11.9 Å². The van der Waals surface area contributed by atoms with E-state index in [4.69, 9.17) is 4.74 Å². The summed E-state index contributed by atoms with van der Waals surface area (Å²) in [6.07, 6.45) is -0.323. The van der Waals surface area contributed by atoms with Crippen LogP contribution < -0.4 is 4.90 Å². The molecule has 0 spiro atoms. The van der Waals surface area contributed by atoms with Crippen LogP contribution in [0.3, 0.4) is 0 Å². The zero-order valence-electron chi connectivity index (χ0n) is 15.7. The number of piperazine rings is 1. The molecule has 1 aromatic rings. The largest absolute Gasteiger partial charge is 0.464 e. The molecule has 4 rings (SSSR count). The molecule has 1 atom stereocenters. The molecule has 0 amide bonds. The minimum Gasteiger partial charge on any atom is -0.464 e. The molecular weight excluding hydrogens is 373 g/mol. The number of likely N-dealkylation sites (tertiary alicyclic amines) is 1. The number of nitrogens with zero attached hydrogens (tertiary/aromatic N) is 4. The predicted octanol–water partition coefficient (Wildman–Crippen LogP) is 2.00. The second-order valence-corrected chi connectivity index (χ2v) is 7.66. The van der Waals surface area contributed by atoms with Gasteiger partial charge < -0.3 is 9.64 Å². The van der Waals surface area contributed by atoms with Gasteiger partial charge in [-0.1, -0.05) is 0 Å². The highest BCUT2D eigenvalue weighted by atomic mass is 19.4. The van der Waals surface area contributed by atoms with E-state index in [0.717, 1.165) is 57.6 Å². The number of cyclic esters (lactones) is 1. The number of hydrogen-bond acceptors (Lipinski definition) is 6. The fourth-order valence-electron chi connectivity index (χ4n) is 4.46. The topological polar surface area (TPSA) is 48.9 Å². The Balaban J connectivity index is 1.29. The van der Waals surface area contributed by atoms with E-state index in [1.54, 1.807) is 0 Å². The van der Waals surface area contributed by atoms with Crippen molar-refractivity contribution >= 4 is 11.8 Å². The Hall–Kier alpha value is -1.87. The molecular formula is C19H25F3N4O2. The second kappa shape index (κ2) is 7.87. The summed E-state index contributed by atoms with van der Waals surface area (Å²) in [6.45, 7) is 5.27. The average molecular weight is 398 g/mol. The third kappa shape index (κ3) is 4.10. The van der Waals surface area contributed by atoms with Gasteiger partial charge in [0.05, 0.1) is 12.2 Å². The van der Waals surface area contributed by atoms with Crippen molar-refractivity contribution in [3.8, 4) is 0 Å². The Bertz CT molecular complexity index is 699. The molecule has 6 nitrogen and oxygen atoms in total. The number of esters is 1. The number of aromatic nitrogens is 1. The number of piperidine rings is 1. The lowest BCUT2D eigenvalue weighted by Gasteiger charge is -2.43. The first kappa shape index (κ1) is 19.4. The first-order valence-corrected chi connectivity index (χ1v) is 9.85. The number of hydrogen-bond donors (Lipinski definition) is 0. The first-order valence-electron chi connectivity index (χ1n) is 9.85. The molecule has 154 valence electrons. The normalized spacial score (nSPS) is 25.9. The lowest BCUT2D eigenvalue weighted by molar-refractivity contribution is -0.143. The van der Waals surface area contributed by atoms with Gasteiger partial charge in [-0.2, -0.15) is 13.2 Å². The summed E-state index contributed by atoms with van der Waals surface area (Å²) in [6, 6.07) is 2.53. The summed E-state index contributed by atoms with van der Waals surface area (Å²) in [4.78, 5) is 22.5. The number of alkyl halides is 3. The van der Waals surface area contributed by atoms with Gasteiger partial charge in [0.2, 0.25) is 0 Å². The van der Waals surface area contributed by atoms with Crippen molar-refractivity contribution < 1.29 is 22.7 Å². The number of carbonyl (C=O) groups is 1. The summed E-state index contributed by atoms with van der Waals surface area (Å²) in [5.74, 6) is 0.296. The van der Waals surface area contributed by atoms with Crippen molar-refractivity contribution in [2.45, 2.75) is 37.5 Å². The minimum absolute atomic E-state index is 0.0789. The Kier molecular flexibility index (Phi) is 5.46. The van der Waals surface area contributed by atoms with E-state index in [1.165, 1.54) is 6.20 Å². The van der Waals surface area contributed by atoms with Gasteiger partial charge in [0, 0.05) is 57.9 Å². The van der Waals surface area contributed by atoms with Crippen molar-refractivity contribution in [1.29, 1.82) is 0 Å². The third-order valence-corrected chi connectivity index (χ3v) is 6.08. The highest BCUT2D eigenvalue weighted by Gasteiger charge is 2.36. The van der Waals surface area contributed by atoms with Crippen LogP contribution in [0, 0.1) is 0 Å². The van der Waals surface area contributed by atoms with E-state index in [1.807, 2.05) is 4.90 Å². The molecule has 4 heterocycles. The smallest absolute Gasteiger partial charge is 0.416 e. The highest BCUT2D eigenvalue weighted by molar-refractivity contribution is 5.77. The zero-order valence-corrected chi connectivity index (χ0v) is 15.7.